The summed E-state index contributed by atoms with van der Waals surface area (Å²) in [6, 6.07) is 55.1. The Kier molecular flexibility index (Phi) is 8.53. The maximum atomic E-state index is 11.7. The first-order valence-electron chi connectivity index (χ1n) is 13.7. The smallest absolute Gasteiger partial charge is 0.422 e. The largest absolute Gasteiger partial charge is 0.428 e. The van der Waals surface area contributed by atoms with Crippen molar-refractivity contribution in [3.8, 4) is 16.9 Å². The van der Waals surface area contributed by atoms with Gasteiger partial charge in [0.2, 0.25) is 0 Å². The summed E-state index contributed by atoms with van der Waals surface area (Å²) in [7, 11) is 0. The molecule has 0 aromatic heterocycles. The molecule has 0 atom stereocenters. The van der Waals surface area contributed by atoms with Crippen molar-refractivity contribution in [1.82, 2.24) is 0 Å². The maximum Gasteiger partial charge on any atom is 0.428 e. The fourth-order valence-corrected chi connectivity index (χ4v) is 5.86. The van der Waals surface area contributed by atoms with E-state index in [0.29, 0.717) is 5.75 Å². The number of hydrogen-bond donors (Lipinski definition) is 0. The minimum absolute atomic E-state index is 0.335. The quantitative estimate of drug-likeness (QED) is 0.150. The van der Waals surface area contributed by atoms with Crippen LogP contribution in [0.5, 0.6) is 5.75 Å². The molecule has 0 heterocycles. The van der Waals surface area contributed by atoms with Gasteiger partial charge in [0, 0.05) is 56.6 Å². The minimum atomic E-state index is -3.69. The summed E-state index contributed by atoms with van der Waals surface area (Å²) in [5.74, 6) is 0.335. The van der Waals surface area contributed by atoms with E-state index in [2.05, 4.69) is 107 Å². The molecule has 0 saturated carbocycles. The number of hydrogen-bond acceptors (Lipinski definition) is 4. The van der Waals surface area contributed by atoms with Crippen LogP contribution in [0, 0.1) is 0 Å². The van der Waals surface area contributed by atoms with E-state index in [0.717, 1.165) is 45.3 Å². The van der Waals surface area contributed by atoms with Crippen molar-refractivity contribution in [2.24, 2.45) is 0 Å². The van der Waals surface area contributed by atoms with Gasteiger partial charge in [-0.05, 0) is 96.1 Å². The van der Waals surface area contributed by atoms with Gasteiger partial charge in [-0.2, -0.15) is 0 Å². The Balaban J connectivity index is 1.29. The monoisotopic (exact) mass is 620 g/mol. The van der Waals surface area contributed by atoms with Crippen LogP contribution in [-0.2, 0) is 4.57 Å². The van der Waals surface area contributed by atoms with E-state index in [1.165, 1.54) is 0 Å². The molecular weight excluding hydrogens is 594 g/mol. The SMILES string of the molecule is O=P(Cl)(Cl)Oc1ccc(N(c2ccccc2)c2ccc(-c3ccc(N(c4ccccc4)c4ccccc4)cc3)cc2)cc1. The second-order valence-electron chi connectivity index (χ2n) is 9.77. The third kappa shape index (κ3) is 6.96. The van der Waals surface area contributed by atoms with Crippen LogP contribution in [0.15, 0.2) is 164 Å². The first kappa shape index (κ1) is 28.6. The van der Waals surface area contributed by atoms with E-state index in [1.54, 1.807) is 12.1 Å². The van der Waals surface area contributed by atoms with Gasteiger partial charge >= 0.3 is 6.07 Å². The molecular formula is C36H27Cl2N2O2P. The van der Waals surface area contributed by atoms with Crippen molar-refractivity contribution < 1.29 is 9.09 Å². The van der Waals surface area contributed by atoms with Crippen LogP contribution in [0.3, 0.4) is 0 Å². The first-order valence-corrected chi connectivity index (χ1v) is 17.1. The molecule has 0 saturated heterocycles. The summed E-state index contributed by atoms with van der Waals surface area (Å²) in [5.41, 5.74) is 8.40. The lowest BCUT2D eigenvalue weighted by Crippen LogP contribution is -2.09. The fraction of sp³-hybridized carbons (Fsp3) is 0. The molecule has 0 radical (unpaired) electrons. The van der Waals surface area contributed by atoms with Crippen molar-refractivity contribution in [1.29, 1.82) is 0 Å². The lowest BCUT2D eigenvalue weighted by molar-refractivity contribution is 0.513. The average molecular weight is 622 g/mol. The van der Waals surface area contributed by atoms with Gasteiger partial charge in [0.05, 0.1) is 0 Å². The summed E-state index contributed by atoms with van der Waals surface area (Å²) in [5, 5.41) is 0. The molecule has 0 spiro atoms. The fourth-order valence-electron chi connectivity index (χ4n) is 5.01. The molecule has 0 aliphatic heterocycles. The molecule has 0 aliphatic rings. The van der Waals surface area contributed by atoms with Gasteiger partial charge in [0.25, 0.3) is 0 Å². The van der Waals surface area contributed by atoms with Gasteiger partial charge < -0.3 is 14.3 Å². The predicted molar refractivity (Wildman–Crippen MR) is 181 cm³/mol. The van der Waals surface area contributed by atoms with Crippen LogP contribution < -0.4 is 14.3 Å². The Morgan fingerprint density at radius 3 is 0.977 bits per heavy atom. The van der Waals surface area contributed by atoms with Crippen LogP contribution in [0.2, 0.25) is 0 Å². The number of para-hydroxylation sites is 3. The molecule has 6 rings (SSSR count). The van der Waals surface area contributed by atoms with E-state index >= 15 is 0 Å². The van der Waals surface area contributed by atoms with Crippen molar-refractivity contribution >= 4 is 62.7 Å². The standard InChI is InChI=1S/C36H27Cl2N2O2P/c37-43(38,41)42-36-26-24-35(25-27-36)40(32-14-8-3-9-15-32)34-22-18-29(19-23-34)28-16-20-33(21-17-28)39(30-10-4-1-5-11-30)31-12-6-2-7-13-31/h1-27H. The highest BCUT2D eigenvalue weighted by Crippen LogP contribution is 2.57. The zero-order valence-corrected chi connectivity index (χ0v) is 25.4. The Morgan fingerprint density at radius 2 is 0.674 bits per heavy atom. The first-order chi connectivity index (χ1) is 20.9. The zero-order chi connectivity index (χ0) is 29.6. The van der Waals surface area contributed by atoms with Crippen molar-refractivity contribution in [2.45, 2.75) is 0 Å². The van der Waals surface area contributed by atoms with E-state index in [1.807, 2.05) is 54.6 Å². The van der Waals surface area contributed by atoms with E-state index in [-0.39, 0.29) is 0 Å². The Morgan fingerprint density at radius 1 is 0.395 bits per heavy atom. The minimum Gasteiger partial charge on any atom is -0.422 e. The van der Waals surface area contributed by atoms with Gasteiger partial charge in [-0.1, -0.05) is 78.9 Å². The molecule has 0 N–H and O–H groups in total. The van der Waals surface area contributed by atoms with Gasteiger partial charge in [0.1, 0.15) is 5.75 Å². The second-order valence-corrected chi connectivity index (χ2v) is 14.0. The molecule has 0 amide bonds. The van der Waals surface area contributed by atoms with Crippen LogP contribution in [0.4, 0.5) is 34.1 Å². The molecule has 0 unspecified atom stereocenters. The molecule has 0 bridgehead atoms. The molecule has 4 nitrogen and oxygen atoms in total. The number of halogens is 2. The second kappa shape index (κ2) is 12.8. The summed E-state index contributed by atoms with van der Waals surface area (Å²) in [4.78, 5) is 4.38. The molecule has 0 fully saturated rings. The highest BCUT2D eigenvalue weighted by molar-refractivity contribution is 8.05. The average Bonchev–Trinajstić information content (AvgIpc) is 3.04. The Labute approximate surface area is 261 Å². The predicted octanol–water partition coefficient (Wildman–Crippen LogP) is 12.3. The van der Waals surface area contributed by atoms with Crippen LogP contribution >= 0.6 is 28.6 Å². The number of nitrogens with zero attached hydrogens (tertiary/aromatic N) is 2. The molecule has 43 heavy (non-hydrogen) atoms. The molecule has 212 valence electrons. The topological polar surface area (TPSA) is 32.8 Å². The van der Waals surface area contributed by atoms with Crippen molar-refractivity contribution in [2.75, 3.05) is 9.80 Å². The lowest BCUT2D eigenvalue weighted by Gasteiger charge is -2.26. The summed E-state index contributed by atoms with van der Waals surface area (Å²) < 4.78 is 16.8. The van der Waals surface area contributed by atoms with Gasteiger partial charge in [0.15, 0.2) is 0 Å². The number of rotatable bonds is 9. The van der Waals surface area contributed by atoms with E-state index in [9.17, 15) is 4.57 Å². The lowest BCUT2D eigenvalue weighted by atomic mass is 10.0. The number of benzene rings is 6. The molecule has 0 aliphatic carbocycles. The van der Waals surface area contributed by atoms with Gasteiger partial charge in [-0.15, -0.1) is 0 Å². The van der Waals surface area contributed by atoms with Crippen molar-refractivity contribution in [3.63, 3.8) is 0 Å². The van der Waals surface area contributed by atoms with E-state index < -0.39 is 6.07 Å². The third-order valence-corrected chi connectivity index (χ3v) is 7.77. The molecule has 7 heteroatoms. The van der Waals surface area contributed by atoms with Crippen LogP contribution in [0.1, 0.15) is 0 Å². The normalized spacial score (nSPS) is 11.1. The highest BCUT2D eigenvalue weighted by Gasteiger charge is 2.18. The maximum absolute atomic E-state index is 11.7. The van der Waals surface area contributed by atoms with E-state index in [4.69, 9.17) is 27.0 Å². The third-order valence-electron chi connectivity index (χ3n) is 6.93. The zero-order valence-electron chi connectivity index (χ0n) is 23.0. The van der Waals surface area contributed by atoms with Crippen molar-refractivity contribution in [3.05, 3.63) is 164 Å². The summed E-state index contributed by atoms with van der Waals surface area (Å²) >= 11 is 11.2. The molecule has 6 aromatic carbocycles. The van der Waals surface area contributed by atoms with Gasteiger partial charge in [-0.25, -0.2) is 4.57 Å². The van der Waals surface area contributed by atoms with Gasteiger partial charge in [-0.3, -0.25) is 0 Å². The molecule has 6 aromatic rings. The summed E-state index contributed by atoms with van der Waals surface area (Å²) in [6.45, 7) is 0. The Hall–Kier alpha value is -4.47. The Bertz CT molecular complexity index is 1770. The van der Waals surface area contributed by atoms with Crippen LogP contribution in [0.25, 0.3) is 11.1 Å². The van der Waals surface area contributed by atoms with Crippen LogP contribution in [-0.4, -0.2) is 0 Å². The number of anilines is 6. The highest BCUT2D eigenvalue weighted by atomic mass is 35.9. The summed E-state index contributed by atoms with van der Waals surface area (Å²) in [6.07, 6.45) is -3.69.